The Kier molecular flexibility index (Phi) is 3.13. The van der Waals surface area contributed by atoms with Crippen LogP contribution in [-0.4, -0.2) is 0 Å². The minimum absolute atomic E-state index is 0.0542. The molecule has 0 aliphatic carbocycles. The van der Waals surface area contributed by atoms with Gasteiger partial charge in [-0.3, -0.25) is 0 Å². The second kappa shape index (κ2) is 4.82. The van der Waals surface area contributed by atoms with Crippen LogP contribution in [0.2, 0.25) is 0 Å². The molecule has 0 unspecified atom stereocenters. The lowest BCUT2D eigenvalue weighted by Crippen LogP contribution is -2.08. The molecule has 0 aliphatic heterocycles. The zero-order valence-electron chi connectivity index (χ0n) is 12.3. The Bertz CT molecular complexity index is 714. The van der Waals surface area contributed by atoms with Gasteiger partial charge in [-0.05, 0) is 29.7 Å². The Balaban J connectivity index is 1.95. The summed E-state index contributed by atoms with van der Waals surface area (Å²) in [7, 11) is 0. The van der Waals surface area contributed by atoms with Crippen LogP contribution in [0.25, 0.3) is 11.0 Å². The number of hydrogen-bond donors (Lipinski definition) is 0. The quantitative estimate of drug-likeness (QED) is 0.610. The van der Waals surface area contributed by atoms with Crippen molar-refractivity contribution in [1.82, 2.24) is 0 Å². The Labute approximate surface area is 120 Å². The van der Waals surface area contributed by atoms with E-state index in [9.17, 15) is 0 Å². The SMILES string of the molecule is CC(C)(C)c1cc2ccc(Cc3ccccc3)cc2o1. The van der Waals surface area contributed by atoms with Gasteiger partial charge in [0, 0.05) is 10.8 Å². The highest BCUT2D eigenvalue weighted by atomic mass is 16.3. The van der Waals surface area contributed by atoms with Crippen molar-refractivity contribution in [3.63, 3.8) is 0 Å². The van der Waals surface area contributed by atoms with Crippen LogP contribution in [0.1, 0.15) is 37.7 Å². The van der Waals surface area contributed by atoms with Gasteiger partial charge in [0.05, 0.1) is 0 Å². The lowest BCUT2D eigenvalue weighted by Gasteiger charge is -2.13. The summed E-state index contributed by atoms with van der Waals surface area (Å²) in [4.78, 5) is 0. The van der Waals surface area contributed by atoms with Crippen LogP contribution in [0.5, 0.6) is 0 Å². The molecule has 0 saturated carbocycles. The average molecular weight is 264 g/mol. The molecule has 3 rings (SSSR count). The number of hydrogen-bond acceptors (Lipinski definition) is 1. The molecule has 0 fully saturated rings. The van der Waals surface area contributed by atoms with Crippen LogP contribution in [0.15, 0.2) is 59.0 Å². The van der Waals surface area contributed by atoms with E-state index in [1.54, 1.807) is 0 Å². The number of rotatable bonds is 2. The van der Waals surface area contributed by atoms with Crippen molar-refractivity contribution in [3.05, 3.63) is 71.5 Å². The van der Waals surface area contributed by atoms with E-state index in [0.717, 1.165) is 17.8 Å². The molecule has 0 amide bonds. The molecule has 1 aromatic heterocycles. The summed E-state index contributed by atoms with van der Waals surface area (Å²) in [5, 5.41) is 1.19. The van der Waals surface area contributed by atoms with Gasteiger partial charge in [0.25, 0.3) is 0 Å². The minimum Gasteiger partial charge on any atom is -0.461 e. The van der Waals surface area contributed by atoms with Crippen molar-refractivity contribution < 1.29 is 4.42 Å². The highest BCUT2D eigenvalue weighted by molar-refractivity contribution is 5.79. The average Bonchev–Trinajstić information content (AvgIpc) is 2.83. The summed E-state index contributed by atoms with van der Waals surface area (Å²) >= 11 is 0. The Morgan fingerprint density at radius 3 is 2.30 bits per heavy atom. The first-order chi connectivity index (χ1) is 9.52. The van der Waals surface area contributed by atoms with Crippen LogP contribution in [0.4, 0.5) is 0 Å². The Morgan fingerprint density at radius 1 is 0.850 bits per heavy atom. The van der Waals surface area contributed by atoms with Crippen LogP contribution >= 0.6 is 0 Å². The van der Waals surface area contributed by atoms with Crippen molar-refractivity contribution in [3.8, 4) is 0 Å². The third-order valence-corrected chi connectivity index (χ3v) is 3.57. The second-order valence-electron chi connectivity index (χ2n) is 6.40. The molecule has 3 aromatic rings. The van der Waals surface area contributed by atoms with Crippen molar-refractivity contribution in [2.75, 3.05) is 0 Å². The second-order valence-corrected chi connectivity index (χ2v) is 6.40. The van der Waals surface area contributed by atoms with Crippen LogP contribution in [-0.2, 0) is 11.8 Å². The molecule has 1 nitrogen and oxygen atoms in total. The van der Waals surface area contributed by atoms with Gasteiger partial charge in [0.2, 0.25) is 0 Å². The van der Waals surface area contributed by atoms with E-state index in [2.05, 4.69) is 75.4 Å². The number of furan rings is 1. The fraction of sp³-hybridized carbons (Fsp3) is 0.263. The number of fused-ring (bicyclic) bond motifs is 1. The Morgan fingerprint density at radius 2 is 1.60 bits per heavy atom. The van der Waals surface area contributed by atoms with E-state index in [1.165, 1.54) is 16.5 Å². The molecule has 0 N–H and O–H groups in total. The normalized spacial score (nSPS) is 11.9. The largest absolute Gasteiger partial charge is 0.461 e. The fourth-order valence-corrected chi connectivity index (χ4v) is 2.39. The molecule has 1 heteroatoms. The molecular formula is C19H20O. The molecule has 2 aromatic carbocycles. The van der Waals surface area contributed by atoms with Crippen molar-refractivity contribution in [2.45, 2.75) is 32.6 Å². The summed E-state index contributed by atoms with van der Waals surface area (Å²) in [6, 6.07) is 19.2. The van der Waals surface area contributed by atoms with Crippen molar-refractivity contribution >= 4 is 11.0 Å². The maximum atomic E-state index is 6.01. The summed E-state index contributed by atoms with van der Waals surface area (Å²) in [6.45, 7) is 6.53. The molecule has 0 radical (unpaired) electrons. The predicted molar refractivity (Wildman–Crippen MR) is 84.2 cm³/mol. The van der Waals surface area contributed by atoms with E-state index in [4.69, 9.17) is 4.42 Å². The predicted octanol–water partition coefficient (Wildman–Crippen LogP) is 5.32. The van der Waals surface area contributed by atoms with Gasteiger partial charge < -0.3 is 4.42 Å². The van der Waals surface area contributed by atoms with Crippen molar-refractivity contribution in [1.29, 1.82) is 0 Å². The van der Waals surface area contributed by atoms with Crippen LogP contribution in [0, 0.1) is 0 Å². The lowest BCUT2D eigenvalue weighted by molar-refractivity contribution is 0.430. The van der Waals surface area contributed by atoms with E-state index < -0.39 is 0 Å². The monoisotopic (exact) mass is 264 g/mol. The molecule has 20 heavy (non-hydrogen) atoms. The van der Waals surface area contributed by atoms with Gasteiger partial charge in [-0.15, -0.1) is 0 Å². The zero-order valence-corrected chi connectivity index (χ0v) is 12.3. The summed E-state index contributed by atoms with van der Waals surface area (Å²) in [5.74, 6) is 1.05. The van der Waals surface area contributed by atoms with E-state index in [1.807, 2.05) is 0 Å². The van der Waals surface area contributed by atoms with Crippen LogP contribution < -0.4 is 0 Å². The van der Waals surface area contributed by atoms with Crippen LogP contribution in [0.3, 0.4) is 0 Å². The van der Waals surface area contributed by atoms with E-state index in [-0.39, 0.29) is 5.41 Å². The maximum Gasteiger partial charge on any atom is 0.134 e. The van der Waals surface area contributed by atoms with E-state index >= 15 is 0 Å². The molecule has 0 saturated heterocycles. The molecule has 102 valence electrons. The fourth-order valence-electron chi connectivity index (χ4n) is 2.39. The Hall–Kier alpha value is -2.02. The molecule has 0 bridgehead atoms. The summed E-state index contributed by atoms with van der Waals surface area (Å²) in [5.41, 5.74) is 3.66. The lowest BCUT2D eigenvalue weighted by atomic mass is 9.93. The first-order valence-corrected chi connectivity index (χ1v) is 7.09. The highest BCUT2D eigenvalue weighted by Gasteiger charge is 2.18. The van der Waals surface area contributed by atoms with Gasteiger partial charge in [0.15, 0.2) is 0 Å². The topological polar surface area (TPSA) is 13.1 Å². The highest BCUT2D eigenvalue weighted by Crippen LogP contribution is 2.29. The van der Waals surface area contributed by atoms with Gasteiger partial charge in [-0.2, -0.15) is 0 Å². The van der Waals surface area contributed by atoms with Gasteiger partial charge in [-0.1, -0.05) is 63.2 Å². The standard InChI is InChI=1S/C19H20O/c1-19(2,3)18-13-16-10-9-15(12-17(16)20-18)11-14-7-5-4-6-8-14/h4-10,12-13H,11H2,1-3H3. The summed E-state index contributed by atoms with van der Waals surface area (Å²) in [6.07, 6.45) is 0.947. The maximum absolute atomic E-state index is 6.01. The number of benzene rings is 2. The molecule has 0 spiro atoms. The molecule has 0 aliphatic rings. The first-order valence-electron chi connectivity index (χ1n) is 7.09. The van der Waals surface area contributed by atoms with Crippen molar-refractivity contribution in [2.24, 2.45) is 0 Å². The molecule has 0 atom stereocenters. The van der Waals surface area contributed by atoms with Gasteiger partial charge in [-0.25, -0.2) is 0 Å². The molecule has 1 heterocycles. The third kappa shape index (κ3) is 2.62. The van der Waals surface area contributed by atoms with Gasteiger partial charge >= 0.3 is 0 Å². The first kappa shape index (κ1) is 13.0. The van der Waals surface area contributed by atoms with E-state index in [0.29, 0.717) is 0 Å². The smallest absolute Gasteiger partial charge is 0.134 e. The van der Waals surface area contributed by atoms with Gasteiger partial charge in [0.1, 0.15) is 11.3 Å². The summed E-state index contributed by atoms with van der Waals surface area (Å²) < 4.78 is 6.01. The third-order valence-electron chi connectivity index (χ3n) is 3.57. The zero-order chi connectivity index (χ0) is 14.2. The minimum atomic E-state index is 0.0542. The molecular weight excluding hydrogens is 244 g/mol.